The average molecular weight is 811 g/mol. The predicted molar refractivity (Wildman–Crippen MR) is 182 cm³/mol. The van der Waals surface area contributed by atoms with E-state index in [4.69, 9.17) is 0 Å². The molecule has 4 heterocycles. The van der Waals surface area contributed by atoms with Gasteiger partial charge in [-0.2, -0.15) is 26.3 Å². The summed E-state index contributed by atoms with van der Waals surface area (Å²) in [6.07, 6.45) is -2.03. The van der Waals surface area contributed by atoms with Crippen molar-refractivity contribution in [3.63, 3.8) is 0 Å². The Bertz CT molecular complexity index is 1950. The summed E-state index contributed by atoms with van der Waals surface area (Å²) in [6, 6.07) is 4.68. The Labute approximate surface area is 311 Å². The Morgan fingerprint density at radius 2 is 1.54 bits per heavy atom. The maximum absolute atomic E-state index is 12.6. The molecule has 2 aromatic heterocycles. The van der Waals surface area contributed by atoms with Crippen molar-refractivity contribution in [1.82, 2.24) is 9.97 Å². The van der Waals surface area contributed by atoms with Gasteiger partial charge in [-0.05, 0) is 61.9 Å². The molecular weight excluding hydrogens is 781 g/mol. The van der Waals surface area contributed by atoms with E-state index in [1.165, 1.54) is 28.8 Å². The number of aldehydes is 1. The fourth-order valence-electron chi connectivity index (χ4n) is 5.45. The number of carbonyl (C=O) groups is 1. The van der Waals surface area contributed by atoms with Gasteiger partial charge >= 0.3 is 12.4 Å². The number of thiazole rings is 2. The Morgan fingerprint density at radius 3 is 2.12 bits per heavy atom. The number of phenolic OH excluding ortho intramolecular Hbond substituents is 2. The molecule has 2 aliphatic rings. The number of halogens is 6. The van der Waals surface area contributed by atoms with Crippen LogP contribution in [-0.4, -0.2) is 65.0 Å². The molecule has 0 amide bonds. The number of carbonyl (C=O) groups excluding carboxylic acids is 1. The van der Waals surface area contributed by atoms with E-state index < -0.39 is 36.9 Å². The fraction of sp³-hybridized carbons (Fsp3) is 0.344. The number of aromatic nitrogens is 2. The number of rotatable bonds is 9. The van der Waals surface area contributed by atoms with Crippen LogP contribution >= 0.6 is 22.7 Å². The topological polar surface area (TPSA) is 139 Å². The fourth-order valence-corrected chi connectivity index (χ4v) is 6.66. The number of alkyl halides is 6. The van der Waals surface area contributed by atoms with E-state index in [-0.39, 0.29) is 42.8 Å². The molecule has 0 unspecified atom stereocenters. The first-order chi connectivity index (χ1) is 24.1. The first-order valence-electron chi connectivity index (χ1n) is 15.3. The van der Waals surface area contributed by atoms with Gasteiger partial charge < -0.3 is 20.0 Å². The smallest absolute Gasteiger partial charge is 0.405 e. The first-order valence-corrected chi connectivity index (χ1v) is 16.9. The van der Waals surface area contributed by atoms with Crippen LogP contribution in [0.5, 0.6) is 11.5 Å². The minimum atomic E-state index is -4.87. The van der Waals surface area contributed by atoms with E-state index in [9.17, 15) is 41.4 Å². The monoisotopic (exact) mass is 810 g/mol. The zero-order valence-corrected chi connectivity index (χ0v) is 29.8. The molecule has 52 heavy (non-hydrogen) atoms. The summed E-state index contributed by atoms with van der Waals surface area (Å²) in [5.74, 6) is -0.390. The van der Waals surface area contributed by atoms with Crippen molar-refractivity contribution in [2.24, 2.45) is 20.5 Å². The van der Waals surface area contributed by atoms with E-state index in [1.54, 1.807) is 6.20 Å². The van der Waals surface area contributed by atoms with Crippen molar-refractivity contribution in [2.75, 3.05) is 36.0 Å². The van der Waals surface area contributed by atoms with Crippen LogP contribution in [0.3, 0.4) is 0 Å². The largest absolute Gasteiger partial charge is 0.506 e. The van der Waals surface area contributed by atoms with Crippen molar-refractivity contribution in [1.29, 1.82) is 0 Å². The molecule has 0 bridgehead atoms. The molecule has 2 N–H and O–H groups in total. The van der Waals surface area contributed by atoms with Crippen molar-refractivity contribution >= 4 is 67.5 Å². The molecule has 0 saturated heterocycles. The Kier molecular flexibility index (Phi) is 13.1. The third kappa shape index (κ3) is 10.6. The predicted octanol–water partition coefficient (Wildman–Crippen LogP) is 10.0. The molecule has 0 fully saturated rings. The molecule has 4 aromatic rings. The van der Waals surface area contributed by atoms with Gasteiger partial charge in [0, 0.05) is 58.8 Å². The molecule has 0 spiro atoms. The Balaban J connectivity index is 0.000000229. The van der Waals surface area contributed by atoms with Crippen molar-refractivity contribution < 1.29 is 57.8 Å². The Morgan fingerprint density at radius 1 is 0.923 bits per heavy atom. The second kappa shape index (κ2) is 16.9. The van der Waals surface area contributed by atoms with Gasteiger partial charge in [-0.3, -0.25) is 4.79 Å². The quantitative estimate of drug-likeness (QED) is 0.0743. The Hall–Kier alpha value is -4.42. The number of azo groups is 2. The molecule has 20 heteroatoms. The number of hydrogen-bond acceptors (Lipinski definition) is 13. The van der Waals surface area contributed by atoms with Crippen LogP contribution in [0.15, 0.2) is 63.7 Å². The molecule has 280 valence electrons. The summed E-state index contributed by atoms with van der Waals surface area (Å²) in [5, 5.41) is 36.9. The standard InChI is InChI=1S/C18H20N4OS.C14H10F6N4O2S.Ni/c1-11(2)15-10-19-18(24-15)21-20-14-9-12-5-3-7-22-8-4-6-13(16(12)22)17(14)23;15-13(16,17)6-24(7-14(18,19)20)8-1-2-10(11(26)3-8)22-23-12-21-4-9(5-25)27-12;/h9-10,23H,1,3-8H2,2H3;1-5,26H,6-7H2;. The maximum atomic E-state index is 12.6. The maximum Gasteiger partial charge on any atom is 0.405 e. The summed E-state index contributed by atoms with van der Waals surface area (Å²) in [5.41, 5.74) is 4.40. The normalized spacial score (nSPS) is 14.1. The summed E-state index contributed by atoms with van der Waals surface area (Å²) in [4.78, 5) is 22.2. The molecule has 2 aromatic carbocycles. The van der Waals surface area contributed by atoms with Gasteiger partial charge in [0.1, 0.15) is 36.0 Å². The molecule has 0 atom stereocenters. The van der Waals surface area contributed by atoms with E-state index in [1.807, 2.05) is 13.0 Å². The summed E-state index contributed by atoms with van der Waals surface area (Å²) in [7, 11) is 0. The summed E-state index contributed by atoms with van der Waals surface area (Å²) in [6.45, 7) is 4.33. The van der Waals surface area contributed by atoms with Crippen LogP contribution in [0, 0.1) is 0 Å². The summed E-state index contributed by atoms with van der Waals surface area (Å²) >= 11 is 2.35. The number of nitrogens with zero attached hydrogens (tertiary/aromatic N) is 8. The number of hydrogen-bond donors (Lipinski definition) is 2. The second-order valence-electron chi connectivity index (χ2n) is 11.5. The molecule has 0 radical (unpaired) electrons. The van der Waals surface area contributed by atoms with Crippen LogP contribution in [0.2, 0.25) is 0 Å². The van der Waals surface area contributed by atoms with E-state index in [0.717, 1.165) is 84.3 Å². The molecular formula is C32H30F6N8NiO3S2. The number of aryl methyl sites for hydroxylation is 1. The third-order valence-corrected chi connectivity index (χ3v) is 9.42. The summed E-state index contributed by atoms with van der Waals surface area (Å²) < 4.78 is 75.3. The van der Waals surface area contributed by atoms with Crippen LogP contribution in [0.4, 0.5) is 59.4 Å². The number of allylic oxidation sites excluding steroid dienone is 1. The van der Waals surface area contributed by atoms with Crippen molar-refractivity contribution in [2.45, 2.75) is 45.0 Å². The van der Waals surface area contributed by atoms with E-state index in [2.05, 4.69) is 41.9 Å². The van der Waals surface area contributed by atoms with Crippen molar-refractivity contribution in [3.8, 4) is 11.5 Å². The number of aromatic hydroxyl groups is 2. The van der Waals surface area contributed by atoms with Gasteiger partial charge in [0.25, 0.3) is 0 Å². The SMILES string of the molecule is C=C(C)c1cnc(N=Nc2cc3c4c(c2O)CCCN4CCC3)s1.O=Cc1cnc(N=Nc2ccc(N(CC(F)(F)F)CC(F)(F)F)cc2O)s1.[Ni]. The number of benzene rings is 2. The van der Waals surface area contributed by atoms with Gasteiger partial charge in [-0.25, -0.2) is 9.97 Å². The van der Waals surface area contributed by atoms with Gasteiger partial charge in [0.15, 0.2) is 6.29 Å². The van der Waals surface area contributed by atoms with Gasteiger partial charge in [-0.1, -0.05) is 29.3 Å². The van der Waals surface area contributed by atoms with Gasteiger partial charge in [0.2, 0.25) is 10.3 Å². The minimum Gasteiger partial charge on any atom is -0.506 e. The van der Waals surface area contributed by atoms with E-state index >= 15 is 0 Å². The first kappa shape index (κ1) is 40.4. The van der Waals surface area contributed by atoms with E-state index in [0.29, 0.717) is 17.1 Å². The van der Waals surface area contributed by atoms with Gasteiger partial charge in [-0.15, -0.1) is 20.5 Å². The second-order valence-corrected chi connectivity index (χ2v) is 13.6. The molecule has 0 aliphatic carbocycles. The molecule has 0 saturated carbocycles. The molecule has 6 rings (SSSR count). The van der Waals surface area contributed by atoms with Crippen LogP contribution in [0.1, 0.15) is 45.4 Å². The minimum absolute atomic E-state index is 0. The van der Waals surface area contributed by atoms with Gasteiger partial charge in [0.05, 0.1) is 16.0 Å². The molecule has 11 nitrogen and oxygen atoms in total. The average Bonchev–Trinajstić information content (AvgIpc) is 3.74. The number of phenols is 2. The van der Waals surface area contributed by atoms with Crippen molar-refractivity contribution in [3.05, 3.63) is 64.1 Å². The number of anilines is 2. The van der Waals surface area contributed by atoms with Crippen LogP contribution < -0.4 is 9.80 Å². The molecule has 2 aliphatic heterocycles. The third-order valence-electron chi connectivity index (χ3n) is 7.57. The van der Waals surface area contributed by atoms with Crippen LogP contribution in [-0.2, 0) is 29.3 Å². The van der Waals surface area contributed by atoms with Crippen LogP contribution in [0.25, 0.3) is 5.57 Å². The zero-order chi connectivity index (χ0) is 36.9. The zero-order valence-electron chi connectivity index (χ0n) is 27.2.